The first-order chi connectivity index (χ1) is 7.93. The van der Waals surface area contributed by atoms with Gasteiger partial charge in [0.25, 0.3) is 0 Å². The summed E-state index contributed by atoms with van der Waals surface area (Å²) in [5.74, 6) is 0. The smallest absolute Gasteiger partial charge is 0.0482 e. The summed E-state index contributed by atoms with van der Waals surface area (Å²) < 4.78 is 1.39. The lowest BCUT2D eigenvalue weighted by molar-refractivity contribution is 1.44. The van der Waals surface area contributed by atoms with Gasteiger partial charge in [0.15, 0.2) is 0 Å². The van der Waals surface area contributed by atoms with E-state index in [1.807, 2.05) is 23.1 Å². The second-order valence-electron chi connectivity index (χ2n) is 3.51. The van der Waals surface area contributed by atoms with Crippen LogP contribution < -0.4 is 0 Å². The van der Waals surface area contributed by atoms with E-state index < -0.39 is 0 Å². The monoisotopic (exact) mass is 242 g/mol. The summed E-state index contributed by atoms with van der Waals surface area (Å²) in [6.07, 6.45) is 0. The van der Waals surface area contributed by atoms with Crippen molar-refractivity contribution in [2.45, 2.75) is 9.79 Å². The molecule has 0 atom stereocenters. The number of fused-ring (bicyclic) bond motifs is 1. The highest BCUT2D eigenvalue weighted by molar-refractivity contribution is 7.99. The molecule has 0 aliphatic heterocycles. The van der Waals surface area contributed by atoms with Crippen LogP contribution in [0.5, 0.6) is 0 Å². The zero-order valence-electron chi connectivity index (χ0n) is 8.59. The standard InChI is InChI=1S/C14H10S2/c1-2-6-12(7-3-1)16-13-8-4-5-11-9-10-15-14(11)13/h1-10H. The summed E-state index contributed by atoms with van der Waals surface area (Å²) >= 11 is 3.64. The molecule has 1 heterocycles. The van der Waals surface area contributed by atoms with Crippen molar-refractivity contribution in [1.29, 1.82) is 0 Å². The summed E-state index contributed by atoms with van der Waals surface area (Å²) in [5.41, 5.74) is 0. The van der Waals surface area contributed by atoms with E-state index in [1.165, 1.54) is 19.9 Å². The number of benzene rings is 2. The van der Waals surface area contributed by atoms with E-state index >= 15 is 0 Å². The van der Waals surface area contributed by atoms with E-state index in [-0.39, 0.29) is 0 Å². The molecule has 0 radical (unpaired) electrons. The topological polar surface area (TPSA) is 0 Å². The Morgan fingerprint density at radius 2 is 1.69 bits per heavy atom. The van der Waals surface area contributed by atoms with Gasteiger partial charge in [-0.25, -0.2) is 0 Å². The maximum Gasteiger partial charge on any atom is 0.0482 e. The Bertz CT molecular complexity index is 596. The Morgan fingerprint density at radius 1 is 0.812 bits per heavy atom. The SMILES string of the molecule is c1ccc(Sc2cccc3ccsc23)cc1. The quantitative estimate of drug-likeness (QED) is 0.605. The van der Waals surface area contributed by atoms with Crippen LogP contribution in [-0.4, -0.2) is 0 Å². The summed E-state index contributed by atoms with van der Waals surface area (Å²) in [4.78, 5) is 2.64. The second kappa shape index (κ2) is 4.32. The molecular formula is C14H10S2. The summed E-state index contributed by atoms with van der Waals surface area (Å²) in [6.45, 7) is 0. The molecule has 0 nitrogen and oxygen atoms in total. The third-order valence-corrected chi connectivity index (χ3v) is 4.57. The summed E-state index contributed by atoms with van der Waals surface area (Å²) in [6, 6.07) is 19.2. The van der Waals surface area contributed by atoms with Gasteiger partial charge in [0, 0.05) is 14.5 Å². The van der Waals surface area contributed by atoms with Crippen molar-refractivity contribution >= 4 is 33.2 Å². The molecule has 0 amide bonds. The third-order valence-electron chi connectivity index (χ3n) is 2.41. The minimum absolute atomic E-state index is 1.29. The molecule has 3 aromatic rings. The van der Waals surface area contributed by atoms with Crippen LogP contribution >= 0.6 is 23.1 Å². The van der Waals surface area contributed by atoms with Crippen molar-refractivity contribution in [2.24, 2.45) is 0 Å². The minimum atomic E-state index is 1.29. The molecule has 0 spiro atoms. The Kier molecular flexibility index (Phi) is 2.68. The lowest BCUT2D eigenvalue weighted by Crippen LogP contribution is -1.73. The maximum absolute atomic E-state index is 2.19. The molecule has 0 saturated carbocycles. The molecule has 0 aliphatic rings. The van der Waals surface area contributed by atoms with Crippen molar-refractivity contribution in [3.05, 3.63) is 60.0 Å². The van der Waals surface area contributed by atoms with Crippen LogP contribution in [0.15, 0.2) is 69.8 Å². The highest BCUT2D eigenvalue weighted by atomic mass is 32.2. The van der Waals surface area contributed by atoms with Crippen LogP contribution in [0, 0.1) is 0 Å². The molecule has 0 unspecified atom stereocenters. The van der Waals surface area contributed by atoms with Crippen LogP contribution in [0.4, 0.5) is 0 Å². The highest BCUT2D eigenvalue weighted by Crippen LogP contribution is 2.35. The van der Waals surface area contributed by atoms with Crippen molar-refractivity contribution in [2.75, 3.05) is 0 Å². The van der Waals surface area contributed by atoms with Crippen molar-refractivity contribution in [3.8, 4) is 0 Å². The fraction of sp³-hybridized carbons (Fsp3) is 0. The lowest BCUT2D eigenvalue weighted by Gasteiger charge is -2.02. The predicted octanol–water partition coefficient (Wildman–Crippen LogP) is 5.05. The van der Waals surface area contributed by atoms with Gasteiger partial charge in [-0.1, -0.05) is 42.1 Å². The van der Waals surface area contributed by atoms with Gasteiger partial charge in [-0.15, -0.1) is 11.3 Å². The van der Waals surface area contributed by atoms with Crippen molar-refractivity contribution in [1.82, 2.24) is 0 Å². The third kappa shape index (κ3) is 1.86. The average molecular weight is 242 g/mol. The number of hydrogen-bond acceptors (Lipinski definition) is 2. The van der Waals surface area contributed by atoms with E-state index in [9.17, 15) is 0 Å². The van der Waals surface area contributed by atoms with Crippen LogP contribution in [0.3, 0.4) is 0 Å². The number of rotatable bonds is 2. The molecule has 0 fully saturated rings. The lowest BCUT2D eigenvalue weighted by atomic mass is 10.3. The van der Waals surface area contributed by atoms with Gasteiger partial charge in [-0.3, -0.25) is 0 Å². The Hall–Kier alpha value is -1.25. The first-order valence-corrected chi connectivity index (χ1v) is 6.82. The average Bonchev–Trinajstić information content (AvgIpc) is 2.80. The van der Waals surface area contributed by atoms with Crippen molar-refractivity contribution < 1.29 is 0 Å². The fourth-order valence-corrected chi connectivity index (χ4v) is 3.64. The van der Waals surface area contributed by atoms with Crippen LogP contribution in [0.1, 0.15) is 0 Å². The van der Waals surface area contributed by atoms with Gasteiger partial charge in [0.05, 0.1) is 0 Å². The Balaban J connectivity index is 2.04. The van der Waals surface area contributed by atoms with E-state index in [0.29, 0.717) is 0 Å². The van der Waals surface area contributed by atoms with Gasteiger partial charge >= 0.3 is 0 Å². The molecule has 3 rings (SSSR count). The number of hydrogen-bond donors (Lipinski definition) is 0. The van der Waals surface area contributed by atoms with Crippen LogP contribution in [0.2, 0.25) is 0 Å². The first kappa shape index (κ1) is 9.94. The molecule has 0 N–H and O–H groups in total. The molecule has 16 heavy (non-hydrogen) atoms. The van der Waals surface area contributed by atoms with Crippen LogP contribution in [-0.2, 0) is 0 Å². The molecular weight excluding hydrogens is 232 g/mol. The van der Waals surface area contributed by atoms with Gasteiger partial charge in [-0.2, -0.15) is 0 Å². The van der Waals surface area contributed by atoms with E-state index in [1.54, 1.807) is 0 Å². The second-order valence-corrected chi connectivity index (χ2v) is 5.54. The molecule has 2 heteroatoms. The van der Waals surface area contributed by atoms with Crippen molar-refractivity contribution in [3.63, 3.8) is 0 Å². The normalized spacial score (nSPS) is 10.8. The molecule has 0 saturated heterocycles. The molecule has 1 aromatic heterocycles. The zero-order valence-corrected chi connectivity index (χ0v) is 10.2. The summed E-state index contributed by atoms with van der Waals surface area (Å²) in [5, 5.41) is 3.49. The predicted molar refractivity (Wildman–Crippen MR) is 72.4 cm³/mol. The van der Waals surface area contributed by atoms with E-state index in [2.05, 4.69) is 60.0 Å². The van der Waals surface area contributed by atoms with Gasteiger partial charge in [-0.05, 0) is 35.0 Å². The number of thiophene rings is 1. The molecule has 0 bridgehead atoms. The maximum atomic E-state index is 2.19. The van der Waals surface area contributed by atoms with Gasteiger partial charge in [0.2, 0.25) is 0 Å². The van der Waals surface area contributed by atoms with E-state index in [4.69, 9.17) is 0 Å². The van der Waals surface area contributed by atoms with Gasteiger partial charge in [0.1, 0.15) is 0 Å². The molecule has 78 valence electrons. The Morgan fingerprint density at radius 3 is 2.56 bits per heavy atom. The van der Waals surface area contributed by atoms with E-state index in [0.717, 1.165) is 0 Å². The highest BCUT2D eigenvalue weighted by Gasteiger charge is 2.03. The van der Waals surface area contributed by atoms with Gasteiger partial charge < -0.3 is 0 Å². The first-order valence-electron chi connectivity index (χ1n) is 5.12. The summed E-state index contributed by atoms with van der Waals surface area (Å²) in [7, 11) is 0. The largest absolute Gasteiger partial charge is 0.143 e. The molecule has 2 aromatic carbocycles. The zero-order chi connectivity index (χ0) is 10.8. The molecule has 0 aliphatic carbocycles. The minimum Gasteiger partial charge on any atom is -0.143 e. The van der Waals surface area contributed by atoms with Crippen LogP contribution in [0.25, 0.3) is 10.1 Å². The Labute approximate surface area is 103 Å². The fourth-order valence-electron chi connectivity index (χ4n) is 1.66.